The summed E-state index contributed by atoms with van der Waals surface area (Å²) in [4.78, 5) is 31.6. The van der Waals surface area contributed by atoms with Crippen LogP contribution in [0.2, 0.25) is 5.02 Å². The van der Waals surface area contributed by atoms with Crippen molar-refractivity contribution < 1.29 is 14.7 Å². The monoisotopic (exact) mass is 565 g/mol. The van der Waals surface area contributed by atoms with Crippen LogP contribution in [-0.2, 0) is 4.79 Å². The van der Waals surface area contributed by atoms with E-state index in [9.17, 15) is 14.7 Å². The molecule has 1 amide bonds. The third-order valence-electron chi connectivity index (χ3n) is 6.10. The van der Waals surface area contributed by atoms with Crippen molar-refractivity contribution in [2.24, 2.45) is 0 Å². The fourth-order valence-electron chi connectivity index (χ4n) is 4.35. The van der Waals surface area contributed by atoms with Crippen molar-refractivity contribution in [3.05, 3.63) is 99.0 Å². The summed E-state index contributed by atoms with van der Waals surface area (Å²) in [7, 11) is 1.70. The number of likely N-dealkylation sites (N-methyl/N-ethyl adjacent to an activating group) is 1. The minimum Gasteiger partial charge on any atom is -0.480 e. The molecule has 184 valence electrons. The number of rotatable bonds is 8. The molecule has 8 heteroatoms. The maximum absolute atomic E-state index is 13.7. The number of hydrogen-bond donors (Lipinski definition) is 2. The molecule has 1 atom stereocenters. The Kier molecular flexibility index (Phi) is 8.04. The van der Waals surface area contributed by atoms with Gasteiger partial charge in [-0.2, -0.15) is 0 Å². The Morgan fingerprint density at radius 1 is 1.08 bits per heavy atom. The summed E-state index contributed by atoms with van der Waals surface area (Å²) in [6.07, 6.45) is 0. The fourth-order valence-corrected chi connectivity index (χ4v) is 4.97. The maximum atomic E-state index is 13.7. The molecular weight excluding hydrogens is 542 g/mol. The number of carboxylic acid groups (broad SMARTS) is 1. The lowest BCUT2D eigenvalue weighted by Crippen LogP contribution is -2.38. The van der Waals surface area contributed by atoms with E-state index in [0.717, 1.165) is 32.2 Å². The molecule has 4 rings (SSSR count). The Labute approximate surface area is 223 Å². The van der Waals surface area contributed by atoms with Crippen molar-refractivity contribution in [2.75, 3.05) is 20.1 Å². The first-order valence-corrected chi connectivity index (χ1v) is 12.5. The highest BCUT2D eigenvalue weighted by Gasteiger charge is 2.24. The highest BCUT2D eigenvalue weighted by molar-refractivity contribution is 9.10. The summed E-state index contributed by atoms with van der Waals surface area (Å²) in [5.41, 5.74) is 4.40. The highest BCUT2D eigenvalue weighted by Crippen LogP contribution is 2.32. The maximum Gasteiger partial charge on any atom is 0.317 e. The van der Waals surface area contributed by atoms with E-state index in [0.29, 0.717) is 16.1 Å². The van der Waals surface area contributed by atoms with Crippen LogP contribution in [0.25, 0.3) is 22.2 Å². The van der Waals surface area contributed by atoms with E-state index in [-0.39, 0.29) is 19.0 Å². The zero-order valence-corrected chi connectivity index (χ0v) is 22.2. The lowest BCUT2D eigenvalue weighted by atomic mass is 9.97. The number of pyridine rings is 1. The van der Waals surface area contributed by atoms with Gasteiger partial charge < -0.3 is 10.4 Å². The second-order valence-electron chi connectivity index (χ2n) is 8.54. The number of carbonyl (C=O) groups excluding carboxylic acids is 1. The molecule has 0 aliphatic rings. The molecule has 3 aromatic carbocycles. The minimum absolute atomic E-state index is 0.171. The Bertz CT molecular complexity index is 1430. The van der Waals surface area contributed by atoms with Crippen LogP contribution in [0.4, 0.5) is 0 Å². The largest absolute Gasteiger partial charge is 0.480 e. The second kappa shape index (κ2) is 11.2. The fraction of sp³-hybridized carbons (Fsp3) is 0.179. The SMILES string of the molecule is Cc1c(-c2ccccc2)nc2ccc(Br)cc2c1C(=O)NC[C@H](c1ccccc1Cl)N(C)CC(=O)O. The van der Waals surface area contributed by atoms with Crippen LogP contribution in [0.1, 0.15) is 27.5 Å². The molecule has 1 heterocycles. The highest BCUT2D eigenvalue weighted by atomic mass is 79.9. The summed E-state index contributed by atoms with van der Waals surface area (Å²) in [5, 5.41) is 13.6. The molecule has 2 N–H and O–H groups in total. The lowest BCUT2D eigenvalue weighted by Gasteiger charge is -2.28. The number of nitrogens with zero attached hydrogens (tertiary/aromatic N) is 2. The summed E-state index contributed by atoms with van der Waals surface area (Å²) < 4.78 is 0.841. The van der Waals surface area contributed by atoms with Crippen LogP contribution >= 0.6 is 27.5 Å². The number of carboxylic acids is 1. The van der Waals surface area contributed by atoms with Crippen LogP contribution in [0.5, 0.6) is 0 Å². The molecule has 36 heavy (non-hydrogen) atoms. The number of aromatic nitrogens is 1. The summed E-state index contributed by atoms with van der Waals surface area (Å²) in [5.74, 6) is -1.23. The van der Waals surface area contributed by atoms with Crippen LogP contribution < -0.4 is 5.32 Å². The quantitative estimate of drug-likeness (QED) is 0.269. The van der Waals surface area contributed by atoms with E-state index in [1.807, 2.05) is 73.7 Å². The van der Waals surface area contributed by atoms with Crippen LogP contribution in [-0.4, -0.2) is 47.0 Å². The van der Waals surface area contributed by atoms with Crippen molar-refractivity contribution in [1.82, 2.24) is 15.2 Å². The van der Waals surface area contributed by atoms with Gasteiger partial charge in [0.2, 0.25) is 0 Å². The van der Waals surface area contributed by atoms with E-state index in [1.54, 1.807) is 18.0 Å². The molecule has 0 saturated heterocycles. The molecule has 4 aromatic rings. The van der Waals surface area contributed by atoms with Gasteiger partial charge in [-0.05, 0) is 49.4 Å². The molecule has 1 aromatic heterocycles. The molecule has 0 spiro atoms. The topological polar surface area (TPSA) is 82.5 Å². The average molecular weight is 567 g/mol. The van der Waals surface area contributed by atoms with E-state index >= 15 is 0 Å². The number of carbonyl (C=O) groups is 2. The smallest absolute Gasteiger partial charge is 0.317 e. The van der Waals surface area contributed by atoms with Gasteiger partial charge in [0.25, 0.3) is 5.91 Å². The lowest BCUT2D eigenvalue weighted by molar-refractivity contribution is -0.138. The van der Waals surface area contributed by atoms with Gasteiger partial charge in [0, 0.05) is 27.0 Å². The molecule has 0 radical (unpaired) electrons. The zero-order valence-electron chi connectivity index (χ0n) is 19.8. The van der Waals surface area contributed by atoms with Gasteiger partial charge in [-0.3, -0.25) is 14.5 Å². The number of fused-ring (bicyclic) bond motifs is 1. The van der Waals surface area contributed by atoms with E-state index in [1.165, 1.54) is 0 Å². The molecule has 0 aliphatic carbocycles. The first-order chi connectivity index (χ1) is 17.3. The normalized spacial score (nSPS) is 12.0. The molecule has 0 bridgehead atoms. The Morgan fingerprint density at radius 3 is 2.47 bits per heavy atom. The predicted molar refractivity (Wildman–Crippen MR) is 146 cm³/mol. The number of halogens is 2. The van der Waals surface area contributed by atoms with E-state index in [4.69, 9.17) is 16.6 Å². The number of nitrogens with one attached hydrogen (secondary N) is 1. The molecule has 0 aliphatic heterocycles. The van der Waals surface area contributed by atoms with Gasteiger partial charge >= 0.3 is 5.97 Å². The number of hydrogen-bond acceptors (Lipinski definition) is 4. The van der Waals surface area contributed by atoms with E-state index in [2.05, 4.69) is 21.2 Å². The van der Waals surface area contributed by atoms with E-state index < -0.39 is 12.0 Å². The number of benzene rings is 3. The molecule has 0 unspecified atom stereocenters. The number of aliphatic carboxylic acids is 1. The van der Waals surface area contributed by atoms with Gasteiger partial charge in [0.05, 0.1) is 29.4 Å². The third kappa shape index (κ3) is 5.59. The summed E-state index contributed by atoms with van der Waals surface area (Å²) in [6.45, 7) is 1.87. The second-order valence-corrected chi connectivity index (χ2v) is 9.87. The average Bonchev–Trinajstić information content (AvgIpc) is 2.85. The van der Waals surface area contributed by atoms with Gasteiger partial charge in [0.15, 0.2) is 0 Å². The first-order valence-electron chi connectivity index (χ1n) is 11.4. The minimum atomic E-state index is -0.964. The van der Waals surface area contributed by atoms with Gasteiger partial charge in [-0.1, -0.05) is 76.1 Å². The summed E-state index contributed by atoms with van der Waals surface area (Å²) >= 11 is 9.95. The van der Waals surface area contributed by atoms with Crippen LogP contribution in [0.15, 0.2) is 77.3 Å². The van der Waals surface area contributed by atoms with Gasteiger partial charge in [-0.25, -0.2) is 4.98 Å². The summed E-state index contributed by atoms with van der Waals surface area (Å²) in [6, 6.07) is 22.2. The first kappa shape index (κ1) is 25.8. The molecule has 0 fully saturated rings. The van der Waals surface area contributed by atoms with Crippen molar-refractivity contribution in [1.29, 1.82) is 0 Å². The number of amides is 1. The van der Waals surface area contributed by atoms with Crippen LogP contribution in [0.3, 0.4) is 0 Å². The van der Waals surface area contributed by atoms with Gasteiger partial charge in [-0.15, -0.1) is 0 Å². The van der Waals surface area contributed by atoms with Crippen molar-refractivity contribution >= 4 is 50.3 Å². The van der Waals surface area contributed by atoms with Gasteiger partial charge in [0.1, 0.15) is 0 Å². The van der Waals surface area contributed by atoms with Crippen molar-refractivity contribution in [3.63, 3.8) is 0 Å². The Morgan fingerprint density at radius 2 is 1.78 bits per heavy atom. The van der Waals surface area contributed by atoms with Crippen molar-refractivity contribution in [3.8, 4) is 11.3 Å². The molecule has 6 nitrogen and oxygen atoms in total. The Hall–Kier alpha value is -3.26. The third-order valence-corrected chi connectivity index (χ3v) is 6.94. The predicted octanol–water partition coefficient (Wildman–Crippen LogP) is 6.11. The van der Waals surface area contributed by atoms with Crippen LogP contribution in [0, 0.1) is 6.92 Å². The standard InChI is InChI=1S/C28H25BrClN3O3/c1-17-26(21-14-19(29)12-13-23(21)32-27(17)18-8-4-3-5-9-18)28(36)31-15-24(33(2)16-25(34)35)20-10-6-7-11-22(20)30/h3-14,24H,15-16H2,1-2H3,(H,31,36)(H,34,35)/t24-/m1/s1. The molecule has 0 saturated carbocycles. The Balaban J connectivity index is 1.74. The van der Waals surface area contributed by atoms with Crippen molar-refractivity contribution in [2.45, 2.75) is 13.0 Å². The zero-order chi connectivity index (χ0) is 25.8. The molecular formula is C28H25BrClN3O3.